The van der Waals surface area contributed by atoms with Crippen molar-refractivity contribution in [2.75, 3.05) is 0 Å². The fourth-order valence-electron chi connectivity index (χ4n) is 3.05. The lowest BCUT2D eigenvalue weighted by Gasteiger charge is -2.08. The summed E-state index contributed by atoms with van der Waals surface area (Å²) in [5.41, 5.74) is 1.25. The molecular formula is C20H15ClFN5OS. The summed E-state index contributed by atoms with van der Waals surface area (Å²) in [6.07, 6.45) is 2.07. The Kier molecular flexibility index (Phi) is 4.81. The highest BCUT2D eigenvalue weighted by Crippen LogP contribution is 2.41. The van der Waals surface area contributed by atoms with Gasteiger partial charge in [-0.1, -0.05) is 52.8 Å². The summed E-state index contributed by atoms with van der Waals surface area (Å²) in [6, 6.07) is 14.2. The molecule has 4 aromatic rings. The van der Waals surface area contributed by atoms with E-state index in [1.165, 1.54) is 17.8 Å². The Morgan fingerprint density at radius 2 is 2.00 bits per heavy atom. The van der Waals surface area contributed by atoms with Crippen LogP contribution in [-0.2, 0) is 5.75 Å². The zero-order valence-electron chi connectivity index (χ0n) is 15.1. The van der Waals surface area contributed by atoms with Crippen molar-refractivity contribution in [2.24, 2.45) is 0 Å². The van der Waals surface area contributed by atoms with Crippen LogP contribution in [0, 0.1) is 5.82 Å². The van der Waals surface area contributed by atoms with E-state index in [0.29, 0.717) is 45.1 Å². The smallest absolute Gasteiger partial charge is 0.237 e. The third-order valence-corrected chi connectivity index (χ3v) is 5.73. The van der Waals surface area contributed by atoms with Crippen LogP contribution in [0.3, 0.4) is 0 Å². The van der Waals surface area contributed by atoms with Crippen LogP contribution in [0.2, 0.25) is 5.02 Å². The summed E-state index contributed by atoms with van der Waals surface area (Å²) in [6.45, 7) is 0. The molecular weight excluding hydrogens is 413 g/mol. The molecule has 2 aromatic heterocycles. The van der Waals surface area contributed by atoms with Crippen LogP contribution in [0.5, 0.6) is 0 Å². The maximum atomic E-state index is 14.3. The van der Waals surface area contributed by atoms with Crippen molar-refractivity contribution < 1.29 is 8.91 Å². The standard InChI is InChI=1S/C20H15ClFN5OS/c21-13-5-3-4-12(10-13)18-23-17(28-26-18)11-29-20-25-24-19(27(20)14-8-9-14)15-6-1-2-7-16(15)22/h1-7,10,14H,8-9,11H2. The van der Waals surface area contributed by atoms with Crippen molar-refractivity contribution in [3.8, 4) is 22.8 Å². The van der Waals surface area contributed by atoms with Gasteiger partial charge in [0.1, 0.15) is 5.82 Å². The topological polar surface area (TPSA) is 69.6 Å². The largest absolute Gasteiger partial charge is 0.338 e. The lowest BCUT2D eigenvalue weighted by Crippen LogP contribution is -2.01. The molecule has 0 saturated heterocycles. The van der Waals surface area contributed by atoms with Crippen molar-refractivity contribution in [3.63, 3.8) is 0 Å². The Balaban J connectivity index is 1.38. The first-order chi connectivity index (χ1) is 14.2. The predicted molar refractivity (Wildman–Crippen MR) is 108 cm³/mol. The van der Waals surface area contributed by atoms with Gasteiger partial charge in [-0.05, 0) is 37.1 Å². The van der Waals surface area contributed by atoms with Crippen LogP contribution < -0.4 is 0 Å². The van der Waals surface area contributed by atoms with Gasteiger partial charge >= 0.3 is 0 Å². The maximum absolute atomic E-state index is 14.3. The Hall–Kier alpha value is -2.71. The number of aromatic nitrogens is 5. The van der Waals surface area contributed by atoms with Crippen molar-refractivity contribution in [1.82, 2.24) is 24.9 Å². The first kappa shape index (κ1) is 18.3. The second-order valence-corrected chi connectivity index (χ2v) is 8.08. The zero-order chi connectivity index (χ0) is 19.8. The highest BCUT2D eigenvalue weighted by Gasteiger charge is 2.31. The molecule has 0 spiro atoms. The third kappa shape index (κ3) is 3.77. The van der Waals surface area contributed by atoms with Crippen LogP contribution in [0.4, 0.5) is 4.39 Å². The van der Waals surface area contributed by atoms with E-state index in [9.17, 15) is 4.39 Å². The average molecular weight is 428 g/mol. The van der Waals surface area contributed by atoms with E-state index < -0.39 is 0 Å². The van der Waals surface area contributed by atoms with Crippen LogP contribution in [0.15, 0.2) is 58.2 Å². The molecule has 1 aliphatic carbocycles. The van der Waals surface area contributed by atoms with Crippen LogP contribution in [0.1, 0.15) is 24.8 Å². The van der Waals surface area contributed by atoms with Gasteiger partial charge in [0.05, 0.1) is 11.3 Å². The summed E-state index contributed by atoms with van der Waals surface area (Å²) in [5.74, 6) is 1.65. The van der Waals surface area contributed by atoms with E-state index in [-0.39, 0.29) is 5.82 Å². The van der Waals surface area contributed by atoms with Gasteiger partial charge in [0.15, 0.2) is 11.0 Å². The van der Waals surface area contributed by atoms with Crippen molar-refractivity contribution in [1.29, 1.82) is 0 Å². The van der Waals surface area contributed by atoms with Crippen molar-refractivity contribution in [3.05, 3.63) is 65.3 Å². The van der Waals surface area contributed by atoms with Crippen molar-refractivity contribution >= 4 is 23.4 Å². The van der Waals surface area contributed by atoms with E-state index in [4.69, 9.17) is 16.1 Å². The quantitative estimate of drug-likeness (QED) is 0.383. The highest BCUT2D eigenvalue weighted by molar-refractivity contribution is 7.98. The summed E-state index contributed by atoms with van der Waals surface area (Å²) in [5, 5.41) is 13.9. The minimum atomic E-state index is -0.304. The summed E-state index contributed by atoms with van der Waals surface area (Å²) >= 11 is 7.47. The molecule has 0 radical (unpaired) electrons. The van der Waals surface area contributed by atoms with Gasteiger partial charge in [0.25, 0.3) is 0 Å². The average Bonchev–Trinajstić information content (AvgIpc) is 3.30. The van der Waals surface area contributed by atoms with Crippen molar-refractivity contribution in [2.45, 2.75) is 29.8 Å². The van der Waals surface area contributed by atoms with Gasteiger partial charge < -0.3 is 4.52 Å². The second kappa shape index (κ2) is 7.61. The first-order valence-corrected chi connectivity index (χ1v) is 10.5. The molecule has 9 heteroatoms. The van der Waals surface area contributed by atoms with Crippen LogP contribution in [-0.4, -0.2) is 24.9 Å². The SMILES string of the molecule is Fc1ccccc1-c1nnc(SCc2nc(-c3cccc(Cl)c3)no2)n1C1CC1. The fraction of sp³-hybridized carbons (Fsp3) is 0.200. The Labute approximate surface area is 175 Å². The normalized spacial score (nSPS) is 13.7. The lowest BCUT2D eigenvalue weighted by molar-refractivity contribution is 0.391. The van der Waals surface area contributed by atoms with Gasteiger partial charge in [-0.2, -0.15) is 4.98 Å². The van der Waals surface area contributed by atoms with Gasteiger partial charge in [0, 0.05) is 16.6 Å². The van der Waals surface area contributed by atoms with E-state index in [0.717, 1.165) is 18.4 Å². The lowest BCUT2D eigenvalue weighted by atomic mass is 10.2. The Morgan fingerprint density at radius 3 is 2.79 bits per heavy atom. The van der Waals surface area contributed by atoms with Gasteiger partial charge in [-0.3, -0.25) is 4.57 Å². The molecule has 0 N–H and O–H groups in total. The molecule has 0 atom stereocenters. The number of halogens is 2. The number of hydrogen-bond acceptors (Lipinski definition) is 6. The molecule has 2 aromatic carbocycles. The first-order valence-electron chi connectivity index (χ1n) is 9.10. The summed E-state index contributed by atoms with van der Waals surface area (Å²) < 4.78 is 21.6. The Morgan fingerprint density at radius 1 is 1.14 bits per heavy atom. The van der Waals surface area contributed by atoms with Gasteiger partial charge in [-0.25, -0.2) is 4.39 Å². The molecule has 1 fully saturated rings. The molecule has 1 saturated carbocycles. The molecule has 1 aliphatic rings. The number of rotatable bonds is 6. The number of nitrogens with zero attached hydrogens (tertiary/aromatic N) is 5. The molecule has 0 bridgehead atoms. The number of benzene rings is 2. The predicted octanol–water partition coefficient (Wildman–Crippen LogP) is 5.41. The van der Waals surface area contributed by atoms with Crippen LogP contribution >= 0.6 is 23.4 Å². The van der Waals surface area contributed by atoms with E-state index in [1.807, 2.05) is 16.7 Å². The van der Waals surface area contributed by atoms with E-state index in [2.05, 4.69) is 20.3 Å². The molecule has 0 unspecified atom stereocenters. The molecule has 0 aliphatic heterocycles. The van der Waals surface area contributed by atoms with E-state index >= 15 is 0 Å². The molecule has 146 valence electrons. The summed E-state index contributed by atoms with van der Waals surface area (Å²) in [4.78, 5) is 4.43. The zero-order valence-corrected chi connectivity index (χ0v) is 16.7. The van der Waals surface area contributed by atoms with Gasteiger partial charge in [0.2, 0.25) is 11.7 Å². The number of hydrogen-bond donors (Lipinski definition) is 0. The minimum Gasteiger partial charge on any atom is -0.338 e. The third-order valence-electron chi connectivity index (χ3n) is 4.57. The molecule has 2 heterocycles. The highest BCUT2D eigenvalue weighted by atomic mass is 35.5. The molecule has 0 amide bonds. The molecule has 5 rings (SSSR count). The fourth-order valence-corrected chi connectivity index (χ4v) is 4.08. The number of thioether (sulfide) groups is 1. The van der Waals surface area contributed by atoms with E-state index in [1.54, 1.807) is 30.3 Å². The maximum Gasteiger partial charge on any atom is 0.237 e. The Bertz CT molecular complexity index is 1170. The second-order valence-electron chi connectivity index (χ2n) is 6.70. The van der Waals surface area contributed by atoms with Gasteiger partial charge in [-0.15, -0.1) is 10.2 Å². The summed E-state index contributed by atoms with van der Waals surface area (Å²) in [7, 11) is 0. The minimum absolute atomic E-state index is 0.298. The monoisotopic (exact) mass is 427 g/mol. The molecule has 29 heavy (non-hydrogen) atoms. The van der Waals surface area contributed by atoms with Crippen LogP contribution in [0.25, 0.3) is 22.8 Å². The molecule has 6 nitrogen and oxygen atoms in total.